The molecule has 0 saturated carbocycles. The summed E-state index contributed by atoms with van der Waals surface area (Å²) in [5.74, 6) is 0.337. The number of rotatable bonds is 6. The minimum Gasteiger partial charge on any atom is -0.352 e. The van der Waals surface area contributed by atoms with Crippen LogP contribution in [0.1, 0.15) is 22.8 Å². The third-order valence-electron chi connectivity index (χ3n) is 4.54. The zero-order valence-electron chi connectivity index (χ0n) is 14.2. The molecule has 1 saturated heterocycles. The fraction of sp³-hybridized carbons (Fsp3) is 0.316. The number of carbonyl (C=O) groups excluding carboxylic acids is 2. The van der Waals surface area contributed by atoms with Crippen LogP contribution in [0.2, 0.25) is 0 Å². The van der Waals surface area contributed by atoms with E-state index >= 15 is 0 Å². The molecule has 1 aliphatic heterocycles. The molecule has 1 aromatic heterocycles. The van der Waals surface area contributed by atoms with Gasteiger partial charge in [0, 0.05) is 24.2 Å². The lowest BCUT2D eigenvalue weighted by molar-refractivity contribution is -0.126. The number of hydrogen-bond acceptors (Lipinski definition) is 4. The molecule has 0 bridgehead atoms. The van der Waals surface area contributed by atoms with Gasteiger partial charge >= 0.3 is 0 Å². The molecule has 1 unspecified atom stereocenters. The van der Waals surface area contributed by atoms with E-state index in [1.165, 1.54) is 0 Å². The maximum Gasteiger partial charge on any atom is 0.255 e. The molecule has 1 aliphatic rings. The summed E-state index contributed by atoms with van der Waals surface area (Å²) in [6.07, 6.45) is 3.25. The summed E-state index contributed by atoms with van der Waals surface area (Å²) in [7, 11) is 0. The SMILES string of the molecule is CC(C(=O)NCc1ccc(C(=O)Nc2cccnc2)cc1)C1CNC1. The molecular weight excluding hydrogens is 316 g/mol. The van der Waals surface area contributed by atoms with Crippen molar-refractivity contribution in [2.24, 2.45) is 11.8 Å². The predicted octanol–water partition coefficient (Wildman–Crippen LogP) is 1.81. The first-order chi connectivity index (χ1) is 12.1. The first-order valence-corrected chi connectivity index (χ1v) is 8.42. The molecule has 1 atom stereocenters. The Morgan fingerprint density at radius 1 is 1.24 bits per heavy atom. The first kappa shape index (κ1) is 17.1. The summed E-state index contributed by atoms with van der Waals surface area (Å²) < 4.78 is 0. The van der Waals surface area contributed by atoms with Crippen molar-refractivity contribution >= 4 is 17.5 Å². The molecule has 2 aromatic rings. The van der Waals surface area contributed by atoms with E-state index in [1.807, 2.05) is 19.1 Å². The van der Waals surface area contributed by atoms with Crippen molar-refractivity contribution in [2.45, 2.75) is 13.5 Å². The van der Waals surface area contributed by atoms with Crippen molar-refractivity contribution in [3.05, 3.63) is 59.9 Å². The van der Waals surface area contributed by atoms with E-state index in [0.717, 1.165) is 18.7 Å². The van der Waals surface area contributed by atoms with Gasteiger partial charge in [-0.15, -0.1) is 0 Å². The van der Waals surface area contributed by atoms with Gasteiger partial charge in [-0.1, -0.05) is 19.1 Å². The number of nitrogens with one attached hydrogen (secondary N) is 3. The second-order valence-electron chi connectivity index (χ2n) is 6.32. The molecule has 0 aliphatic carbocycles. The molecule has 130 valence electrons. The van der Waals surface area contributed by atoms with Crippen LogP contribution in [0.25, 0.3) is 0 Å². The lowest BCUT2D eigenvalue weighted by Gasteiger charge is -2.31. The number of hydrogen-bond donors (Lipinski definition) is 3. The van der Waals surface area contributed by atoms with Crippen molar-refractivity contribution in [2.75, 3.05) is 18.4 Å². The van der Waals surface area contributed by atoms with Crippen LogP contribution in [0.4, 0.5) is 5.69 Å². The van der Waals surface area contributed by atoms with Crippen molar-refractivity contribution < 1.29 is 9.59 Å². The summed E-state index contributed by atoms with van der Waals surface area (Å²) in [6, 6.07) is 10.8. The molecule has 1 aromatic carbocycles. The van der Waals surface area contributed by atoms with E-state index in [4.69, 9.17) is 0 Å². The molecular formula is C19H22N4O2. The summed E-state index contributed by atoms with van der Waals surface area (Å²) in [5, 5.41) is 8.93. The Morgan fingerprint density at radius 3 is 2.60 bits per heavy atom. The summed E-state index contributed by atoms with van der Waals surface area (Å²) in [6.45, 7) is 4.26. The minimum atomic E-state index is -0.185. The largest absolute Gasteiger partial charge is 0.352 e. The molecule has 25 heavy (non-hydrogen) atoms. The van der Waals surface area contributed by atoms with Crippen LogP contribution >= 0.6 is 0 Å². The number of pyridine rings is 1. The Bertz CT molecular complexity index is 727. The predicted molar refractivity (Wildman–Crippen MR) is 96.0 cm³/mol. The van der Waals surface area contributed by atoms with Gasteiger partial charge < -0.3 is 16.0 Å². The molecule has 0 radical (unpaired) electrons. The molecule has 6 nitrogen and oxygen atoms in total. The highest BCUT2D eigenvalue weighted by atomic mass is 16.2. The third-order valence-corrected chi connectivity index (χ3v) is 4.54. The first-order valence-electron chi connectivity index (χ1n) is 8.42. The van der Waals surface area contributed by atoms with Crippen LogP contribution in [0.15, 0.2) is 48.8 Å². The monoisotopic (exact) mass is 338 g/mol. The van der Waals surface area contributed by atoms with Crippen LogP contribution in [0, 0.1) is 11.8 Å². The molecule has 2 heterocycles. The van der Waals surface area contributed by atoms with Gasteiger partial charge in [0.2, 0.25) is 5.91 Å². The highest BCUT2D eigenvalue weighted by molar-refractivity contribution is 6.04. The number of nitrogens with zero attached hydrogens (tertiary/aromatic N) is 1. The quantitative estimate of drug-likeness (QED) is 0.750. The van der Waals surface area contributed by atoms with E-state index in [1.54, 1.807) is 36.7 Å². The average molecular weight is 338 g/mol. The zero-order valence-corrected chi connectivity index (χ0v) is 14.2. The Kier molecular flexibility index (Phi) is 5.40. The minimum absolute atomic E-state index is 0.0192. The fourth-order valence-electron chi connectivity index (χ4n) is 2.64. The van der Waals surface area contributed by atoms with Gasteiger partial charge in [0.1, 0.15) is 0 Å². The van der Waals surface area contributed by atoms with E-state index in [9.17, 15) is 9.59 Å². The molecule has 2 amide bonds. The Balaban J connectivity index is 1.51. The second kappa shape index (κ2) is 7.90. The number of benzene rings is 1. The molecule has 0 spiro atoms. The molecule has 3 rings (SSSR count). The lowest BCUT2D eigenvalue weighted by Crippen LogP contribution is -2.49. The maximum atomic E-state index is 12.2. The summed E-state index contributed by atoms with van der Waals surface area (Å²) in [5.41, 5.74) is 2.18. The smallest absolute Gasteiger partial charge is 0.255 e. The van der Waals surface area contributed by atoms with Crippen molar-refractivity contribution in [1.82, 2.24) is 15.6 Å². The van der Waals surface area contributed by atoms with Crippen LogP contribution < -0.4 is 16.0 Å². The van der Waals surface area contributed by atoms with E-state index < -0.39 is 0 Å². The van der Waals surface area contributed by atoms with Gasteiger partial charge in [0.05, 0.1) is 11.9 Å². The number of aromatic nitrogens is 1. The molecule has 1 fully saturated rings. The second-order valence-corrected chi connectivity index (χ2v) is 6.32. The number of anilines is 1. The Labute approximate surface area is 147 Å². The van der Waals surface area contributed by atoms with Gasteiger partial charge in [-0.05, 0) is 48.8 Å². The summed E-state index contributed by atoms with van der Waals surface area (Å²) >= 11 is 0. The molecule has 3 N–H and O–H groups in total. The number of carbonyl (C=O) groups is 2. The van der Waals surface area contributed by atoms with Crippen LogP contribution in [0.3, 0.4) is 0 Å². The third kappa shape index (κ3) is 4.42. The van der Waals surface area contributed by atoms with Gasteiger partial charge in [-0.25, -0.2) is 0 Å². The zero-order chi connectivity index (χ0) is 17.6. The van der Waals surface area contributed by atoms with Gasteiger partial charge in [0.25, 0.3) is 5.91 Å². The Morgan fingerprint density at radius 2 is 2.00 bits per heavy atom. The highest BCUT2D eigenvalue weighted by Crippen LogP contribution is 2.16. The Hall–Kier alpha value is -2.73. The lowest BCUT2D eigenvalue weighted by atomic mass is 9.88. The maximum absolute atomic E-state index is 12.2. The normalized spacial score (nSPS) is 15.1. The number of amides is 2. The summed E-state index contributed by atoms with van der Waals surface area (Å²) in [4.78, 5) is 28.3. The average Bonchev–Trinajstić information content (AvgIpc) is 2.59. The highest BCUT2D eigenvalue weighted by Gasteiger charge is 2.28. The van der Waals surface area contributed by atoms with Crippen molar-refractivity contribution in [3.63, 3.8) is 0 Å². The van der Waals surface area contributed by atoms with E-state index in [-0.39, 0.29) is 17.7 Å². The molecule has 6 heteroatoms. The van der Waals surface area contributed by atoms with Crippen LogP contribution in [-0.4, -0.2) is 29.9 Å². The standard InChI is InChI=1S/C19H22N4O2/c1-13(16-10-21-11-16)18(24)22-9-14-4-6-15(7-5-14)19(25)23-17-3-2-8-20-12-17/h2-8,12-13,16,21H,9-11H2,1H3,(H,22,24)(H,23,25). The van der Waals surface area contributed by atoms with E-state index in [0.29, 0.717) is 23.7 Å². The van der Waals surface area contributed by atoms with Crippen LogP contribution in [-0.2, 0) is 11.3 Å². The van der Waals surface area contributed by atoms with Crippen LogP contribution in [0.5, 0.6) is 0 Å². The van der Waals surface area contributed by atoms with Crippen molar-refractivity contribution in [3.8, 4) is 0 Å². The fourth-order valence-corrected chi connectivity index (χ4v) is 2.64. The van der Waals surface area contributed by atoms with Crippen molar-refractivity contribution in [1.29, 1.82) is 0 Å². The van der Waals surface area contributed by atoms with E-state index in [2.05, 4.69) is 20.9 Å². The van der Waals surface area contributed by atoms with Gasteiger partial charge in [-0.3, -0.25) is 14.6 Å². The van der Waals surface area contributed by atoms with Gasteiger partial charge in [-0.2, -0.15) is 0 Å². The topological polar surface area (TPSA) is 83.1 Å². The van der Waals surface area contributed by atoms with Gasteiger partial charge in [0.15, 0.2) is 0 Å².